The summed E-state index contributed by atoms with van der Waals surface area (Å²) in [7, 11) is 0. The van der Waals surface area contributed by atoms with Crippen LogP contribution < -0.4 is 10.6 Å². The molecule has 1 amide bonds. The third-order valence-electron chi connectivity index (χ3n) is 3.99. The first-order valence-electron chi connectivity index (χ1n) is 8.72. The van der Waals surface area contributed by atoms with Crippen LogP contribution in [0.5, 0.6) is 0 Å². The van der Waals surface area contributed by atoms with Crippen molar-refractivity contribution in [3.05, 3.63) is 89.9 Å². The predicted octanol–water partition coefficient (Wildman–Crippen LogP) is 3.45. The van der Waals surface area contributed by atoms with E-state index in [-0.39, 0.29) is 5.91 Å². The summed E-state index contributed by atoms with van der Waals surface area (Å²) < 4.78 is 0. The van der Waals surface area contributed by atoms with Crippen molar-refractivity contribution in [1.29, 1.82) is 0 Å². The lowest BCUT2D eigenvalue weighted by atomic mass is 10.1. The molecule has 1 aromatic carbocycles. The maximum absolute atomic E-state index is 12.2. The van der Waals surface area contributed by atoms with Crippen molar-refractivity contribution in [3.8, 4) is 0 Å². The number of hydrogen-bond donors (Lipinski definition) is 2. The van der Waals surface area contributed by atoms with E-state index < -0.39 is 0 Å². The molecule has 3 rings (SSSR count). The SMILES string of the molecule is O=C(NCc1cccnc1)c1ccc(NCCCc2ccccc2)nc1. The predicted molar refractivity (Wildman–Crippen MR) is 103 cm³/mol. The highest BCUT2D eigenvalue weighted by atomic mass is 16.1. The average molecular weight is 346 g/mol. The van der Waals surface area contributed by atoms with Crippen LogP contribution in [0, 0.1) is 0 Å². The quantitative estimate of drug-likeness (QED) is 0.613. The van der Waals surface area contributed by atoms with Crippen molar-refractivity contribution in [2.45, 2.75) is 19.4 Å². The number of nitrogens with one attached hydrogen (secondary N) is 2. The van der Waals surface area contributed by atoms with E-state index in [4.69, 9.17) is 0 Å². The zero-order valence-corrected chi connectivity index (χ0v) is 14.6. The van der Waals surface area contributed by atoms with Gasteiger partial charge in [-0.3, -0.25) is 9.78 Å². The van der Waals surface area contributed by atoms with Crippen LogP contribution in [0.25, 0.3) is 0 Å². The second kappa shape index (κ2) is 9.32. The molecule has 132 valence electrons. The van der Waals surface area contributed by atoms with Crippen LogP contribution in [0.15, 0.2) is 73.2 Å². The molecule has 0 atom stereocenters. The van der Waals surface area contributed by atoms with Crippen molar-refractivity contribution in [2.75, 3.05) is 11.9 Å². The third kappa shape index (κ3) is 5.41. The molecule has 0 bridgehead atoms. The molecular weight excluding hydrogens is 324 g/mol. The van der Waals surface area contributed by atoms with Gasteiger partial charge in [-0.1, -0.05) is 36.4 Å². The summed E-state index contributed by atoms with van der Waals surface area (Å²) in [5.41, 5.74) is 2.84. The third-order valence-corrected chi connectivity index (χ3v) is 3.99. The van der Waals surface area contributed by atoms with Gasteiger partial charge >= 0.3 is 0 Å². The summed E-state index contributed by atoms with van der Waals surface area (Å²) in [6, 6.07) is 17.8. The van der Waals surface area contributed by atoms with E-state index in [9.17, 15) is 4.79 Å². The number of hydrogen-bond acceptors (Lipinski definition) is 4. The Morgan fingerprint density at radius 2 is 1.77 bits per heavy atom. The van der Waals surface area contributed by atoms with Crippen LogP contribution in [-0.4, -0.2) is 22.4 Å². The molecule has 26 heavy (non-hydrogen) atoms. The Kier molecular flexibility index (Phi) is 6.31. The number of benzene rings is 1. The molecule has 2 N–H and O–H groups in total. The molecule has 0 aliphatic heterocycles. The van der Waals surface area contributed by atoms with E-state index in [2.05, 4.69) is 44.9 Å². The molecule has 2 aromatic heterocycles. The van der Waals surface area contributed by atoms with E-state index >= 15 is 0 Å². The number of carbonyl (C=O) groups excluding carboxylic acids is 1. The highest BCUT2D eigenvalue weighted by Gasteiger charge is 2.06. The van der Waals surface area contributed by atoms with Gasteiger partial charge in [0.2, 0.25) is 0 Å². The number of aryl methyl sites for hydroxylation is 1. The van der Waals surface area contributed by atoms with Crippen molar-refractivity contribution in [3.63, 3.8) is 0 Å². The van der Waals surface area contributed by atoms with Gasteiger partial charge in [0.05, 0.1) is 5.56 Å². The first kappa shape index (κ1) is 17.6. The Morgan fingerprint density at radius 1 is 0.923 bits per heavy atom. The van der Waals surface area contributed by atoms with E-state index in [0.29, 0.717) is 12.1 Å². The highest BCUT2D eigenvalue weighted by Crippen LogP contribution is 2.07. The summed E-state index contributed by atoms with van der Waals surface area (Å²) in [5, 5.41) is 6.15. The monoisotopic (exact) mass is 346 g/mol. The Bertz CT molecular complexity index is 804. The van der Waals surface area contributed by atoms with Crippen LogP contribution in [-0.2, 0) is 13.0 Å². The second-order valence-corrected chi connectivity index (χ2v) is 5.99. The van der Waals surface area contributed by atoms with Gasteiger partial charge in [-0.05, 0) is 42.2 Å². The zero-order chi connectivity index (χ0) is 18.0. The maximum atomic E-state index is 12.2. The molecule has 5 nitrogen and oxygen atoms in total. The Labute approximate surface area is 153 Å². The van der Waals surface area contributed by atoms with Gasteiger partial charge in [0.15, 0.2) is 0 Å². The largest absolute Gasteiger partial charge is 0.370 e. The lowest BCUT2D eigenvalue weighted by Gasteiger charge is -2.08. The first-order valence-corrected chi connectivity index (χ1v) is 8.72. The topological polar surface area (TPSA) is 66.9 Å². The Balaban J connectivity index is 1.42. The molecule has 0 spiro atoms. The van der Waals surface area contributed by atoms with Crippen LogP contribution in [0.4, 0.5) is 5.82 Å². The number of anilines is 1. The number of rotatable bonds is 8. The summed E-state index contributed by atoms with van der Waals surface area (Å²) in [5.74, 6) is 0.638. The fourth-order valence-electron chi connectivity index (χ4n) is 2.57. The van der Waals surface area contributed by atoms with E-state index in [1.165, 1.54) is 5.56 Å². The summed E-state index contributed by atoms with van der Waals surface area (Å²) in [6.07, 6.45) is 7.10. The molecule has 3 aromatic rings. The fraction of sp³-hybridized carbons (Fsp3) is 0.190. The van der Waals surface area contributed by atoms with Gasteiger partial charge in [0, 0.05) is 31.7 Å². The van der Waals surface area contributed by atoms with Crippen molar-refractivity contribution >= 4 is 11.7 Å². The number of pyridine rings is 2. The minimum Gasteiger partial charge on any atom is -0.370 e. The lowest BCUT2D eigenvalue weighted by molar-refractivity contribution is 0.0950. The molecule has 0 saturated heterocycles. The van der Waals surface area contributed by atoms with Gasteiger partial charge in [0.25, 0.3) is 5.91 Å². The molecule has 0 radical (unpaired) electrons. The van der Waals surface area contributed by atoms with Gasteiger partial charge < -0.3 is 10.6 Å². The molecule has 0 saturated carbocycles. The van der Waals surface area contributed by atoms with E-state index in [1.807, 2.05) is 24.3 Å². The number of aromatic nitrogens is 2. The highest BCUT2D eigenvalue weighted by molar-refractivity contribution is 5.93. The van der Waals surface area contributed by atoms with E-state index in [0.717, 1.165) is 30.8 Å². The molecule has 2 heterocycles. The zero-order valence-electron chi connectivity index (χ0n) is 14.6. The van der Waals surface area contributed by atoms with Gasteiger partial charge in [0.1, 0.15) is 5.82 Å². The minimum atomic E-state index is -0.142. The second-order valence-electron chi connectivity index (χ2n) is 5.99. The maximum Gasteiger partial charge on any atom is 0.253 e. The van der Waals surface area contributed by atoms with Crippen LogP contribution in [0.3, 0.4) is 0 Å². The van der Waals surface area contributed by atoms with Gasteiger partial charge in [-0.25, -0.2) is 4.98 Å². The number of nitrogens with zero attached hydrogens (tertiary/aromatic N) is 2. The Hall–Kier alpha value is -3.21. The van der Waals surface area contributed by atoms with Gasteiger partial charge in [-0.2, -0.15) is 0 Å². The lowest BCUT2D eigenvalue weighted by Crippen LogP contribution is -2.23. The molecule has 0 fully saturated rings. The molecular formula is C21H22N4O. The van der Waals surface area contributed by atoms with Crippen molar-refractivity contribution in [1.82, 2.24) is 15.3 Å². The van der Waals surface area contributed by atoms with Gasteiger partial charge in [-0.15, -0.1) is 0 Å². The van der Waals surface area contributed by atoms with Crippen LogP contribution in [0.1, 0.15) is 27.9 Å². The minimum absolute atomic E-state index is 0.142. The van der Waals surface area contributed by atoms with Crippen molar-refractivity contribution in [2.24, 2.45) is 0 Å². The fourth-order valence-corrected chi connectivity index (χ4v) is 2.57. The molecule has 0 aliphatic rings. The summed E-state index contributed by atoms with van der Waals surface area (Å²) >= 11 is 0. The average Bonchev–Trinajstić information content (AvgIpc) is 2.71. The Morgan fingerprint density at radius 3 is 2.50 bits per heavy atom. The molecule has 0 unspecified atom stereocenters. The summed E-state index contributed by atoms with van der Waals surface area (Å²) in [4.78, 5) is 20.5. The number of carbonyl (C=O) groups is 1. The molecule has 0 aliphatic carbocycles. The first-order chi connectivity index (χ1) is 12.8. The molecule has 5 heteroatoms. The smallest absolute Gasteiger partial charge is 0.253 e. The normalized spacial score (nSPS) is 10.3. The standard InChI is InChI=1S/C21H22N4O/c26-21(25-15-18-9-4-12-22-14-18)19-10-11-20(24-16-19)23-13-5-8-17-6-2-1-3-7-17/h1-4,6-7,9-12,14,16H,5,8,13,15H2,(H,23,24)(H,25,26). The van der Waals surface area contributed by atoms with Crippen LogP contribution in [0.2, 0.25) is 0 Å². The number of amides is 1. The summed E-state index contributed by atoms with van der Waals surface area (Å²) in [6.45, 7) is 1.29. The van der Waals surface area contributed by atoms with Crippen molar-refractivity contribution < 1.29 is 4.79 Å². The van der Waals surface area contributed by atoms with Crippen LogP contribution >= 0.6 is 0 Å². The van der Waals surface area contributed by atoms with E-state index in [1.54, 1.807) is 24.7 Å².